The van der Waals surface area contributed by atoms with Crippen LogP contribution in [0.5, 0.6) is 5.75 Å². The first-order chi connectivity index (χ1) is 7.06. The molecule has 1 aromatic rings. The standard InChI is InChI=1S/C10H8ClNO3/c1-4-5(11)3-6(15-2)8-7(4)9(13)10(14)12-8/h3H,1-2H3,(H,12,13,14). The van der Waals surface area contributed by atoms with Crippen molar-refractivity contribution in [3.63, 3.8) is 0 Å². The summed E-state index contributed by atoms with van der Waals surface area (Å²) in [5, 5.41) is 2.88. The highest BCUT2D eigenvalue weighted by atomic mass is 35.5. The molecule has 1 aliphatic rings. The number of nitrogens with one attached hydrogen (secondary N) is 1. The number of halogens is 1. The molecule has 0 spiro atoms. The van der Waals surface area contributed by atoms with Gasteiger partial charge in [-0.2, -0.15) is 0 Å². The number of benzene rings is 1. The predicted octanol–water partition coefficient (Wildman–Crippen LogP) is 1.79. The van der Waals surface area contributed by atoms with E-state index in [2.05, 4.69) is 5.32 Å². The minimum atomic E-state index is -0.645. The van der Waals surface area contributed by atoms with Crippen LogP contribution < -0.4 is 10.1 Å². The molecule has 78 valence electrons. The van der Waals surface area contributed by atoms with E-state index >= 15 is 0 Å². The molecule has 0 aromatic heterocycles. The first-order valence-corrected chi connectivity index (χ1v) is 4.66. The fraction of sp³-hybridized carbons (Fsp3) is 0.200. The van der Waals surface area contributed by atoms with E-state index in [1.807, 2.05) is 0 Å². The van der Waals surface area contributed by atoms with Crippen LogP contribution in [0.4, 0.5) is 5.69 Å². The zero-order valence-corrected chi connectivity index (χ0v) is 8.94. The van der Waals surface area contributed by atoms with Gasteiger partial charge in [0.05, 0.1) is 18.4 Å². The summed E-state index contributed by atoms with van der Waals surface area (Å²) in [5.74, 6) is -0.809. The Balaban J connectivity index is 2.76. The highest BCUT2D eigenvalue weighted by Gasteiger charge is 2.33. The summed E-state index contributed by atoms with van der Waals surface area (Å²) in [7, 11) is 1.45. The van der Waals surface area contributed by atoms with E-state index in [1.54, 1.807) is 13.0 Å². The molecule has 4 nitrogen and oxygen atoms in total. The van der Waals surface area contributed by atoms with Gasteiger partial charge in [0, 0.05) is 11.1 Å². The molecule has 15 heavy (non-hydrogen) atoms. The number of hydrogen-bond donors (Lipinski definition) is 1. The van der Waals surface area contributed by atoms with Gasteiger partial charge in [0.2, 0.25) is 0 Å². The van der Waals surface area contributed by atoms with Crippen molar-refractivity contribution in [1.82, 2.24) is 0 Å². The lowest BCUT2D eigenvalue weighted by Gasteiger charge is -2.09. The molecule has 2 rings (SSSR count). The molecule has 1 N–H and O–H groups in total. The van der Waals surface area contributed by atoms with Crippen LogP contribution in [0.15, 0.2) is 6.07 Å². The Labute approximate surface area is 91.2 Å². The third kappa shape index (κ3) is 1.29. The van der Waals surface area contributed by atoms with E-state index in [4.69, 9.17) is 16.3 Å². The Morgan fingerprint density at radius 2 is 2.07 bits per heavy atom. The molecule has 1 heterocycles. The van der Waals surface area contributed by atoms with Crippen molar-refractivity contribution in [3.05, 3.63) is 22.2 Å². The van der Waals surface area contributed by atoms with Gasteiger partial charge in [-0.3, -0.25) is 9.59 Å². The zero-order chi connectivity index (χ0) is 11.2. The van der Waals surface area contributed by atoms with Crippen LogP contribution in [-0.4, -0.2) is 18.8 Å². The number of fused-ring (bicyclic) bond motifs is 1. The van der Waals surface area contributed by atoms with Crippen LogP contribution in [0.3, 0.4) is 0 Å². The third-order valence-corrected chi connectivity index (χ3v) is 2.77. The van der Waals surface area contributed by atoms with Gasteiger partial charge in [-0.25, -0.2) is 0 Å². The minimum absolute atomic E-state index is 0.310. The quantitative estimate of drug-likeness (QED) is 0.742. The number of anilines is 1. The monoisotopic (exact) mass is 225 g/mol. The smallest absolute Gasteiger partial charge is 0.296 e. The fourth-order valence-corrected chi connectivity index (χ4v) is 1.77. The highest BCUT2D eigenvalue weighted by Crippen LogP contribution is 2.39. The predicted molar refractivity (Wildman–Crippen MR) is 55.7 cm³/mol. The van der Waals surface area contributed by atoms with Crippen molar-refractivity contribution in [1.29, 1.82) is 0 Å². The summed E-state index contributed by atoms with van der Waals surface area (Å²) in [5.41, 5.74) is 1.31. The SMILES string of the molecule is COc1cc(Cl)c(C)c2c1NC(=O)C2=O. The Kier molecular flexibility index (Phi) is 2.16. The van der Waals surface area contributed by atoms with E-state index in [9.17, 15) is 9.59 Å². The van der Waals surface area contributed by atoms with Crippen LogP contribution in [-0.2, 0) is 4.79 Å². The Morgan fingerprint density at radius 3 is 2.67 bits per heavy atom. The average Bonchev–Trinajstić information content (AvgIpc) is 2.50. The van der Waals surface area contributed by atoms with Crippen LogP contribution >= 0.6 is 11.6 Å². The number of carbonyl (C=O) groups is 2. The van der Waals surface area contributed by atoms with Crippen molar-refractivity contribution < 1.29 is 14.3 Å². The van der Waals surface area contributed by atoms with Gasteiger partial charge in [-0.05, 0) is 12.5 Å². The van der Waals surface area contributed by atoms with Gasteiger partial charge >= 0.3 is 0 Å². The lowest BCUT2D eigenvalue weighted by molar-refractivity contribution is -0.112. The molecule has 0 radical (unpaired) electrons. The lowest BCUT2D eigenvalue weighted by atomic mass is 10.0. The maximum atomic E-state index is 11.5. The van der Waals surface area contributed by atoms with Crippen molar-refractivity contribution in [3.8, 4) is 5.75 Å². The van der Waals surface area contributed by atoms with Gasteiger partial charge in [-0.1, -0.05) is 11.6 Å². The van der Waals surface area contributed by atoms with Crippen LogP contribution in [0.1, 0.15) is 15.9 Å². The summed E-state index contributed by atoms with van der Waals surface area (Å²) >= 11 is 5.92. The molecular weight excluding hydrogens is 218 g/mol. The first kappa shape index (κ1) is 9.98. The maximum absolute atomic E-state index is 11.5. The summed E-state index contributed by atoms with van der Waals surface area (Å²) in [4.78, 5) is 22.7. The van der Waals surface area contributed by atoms with Gasteiger partial charge in [0.1, 0.15) is 5.75 Å². The highest BCUT2D eigenvalue weighted by molar-refractivity contribution is 6.53. The fourth-order valence-electron chi connectivity index (χ4n) is 1.58. The molecule has 1 amide bonds. The first-order valence-electron chi connectivity index (χ1n) is 4.29. The summed E-state index contributed by atoms with van der Waals surface area (Å²) in [6.45, 7) is 1.69. The maximum Gasteiger partial charge on any atom is 0.296 e. The summed E-state index contributed by atoms with van der Waals surface area (Å²) in [6, 6.07) is 1.58. The van der Waals surface area contributed by atoms with Crippen molar-refractivity contribution in [2.45, 2.75) is 6.92 Å². The van der Waals surface area contributed by atoms with E-state index in [0.29, 0.717) is 27.6 Å². The second-order valence-corrected chi connectivity index (χ2v) is 3.63. The molecule has 0 aliphatic carbocycles. The van der Waals surface area contributed by atoms with Crippen molar-refractivity contribution >= 4 is 29.0 Å². The zero-order valence-electron chi connectivity index (χ0n) is 8.18. The molecule has 0 saturated heterocycles. The summed E-state index contributed by atoms with van der Waals surface area (Å²) in [6.07, 6.45) is 0. The molecule has 0 saturated carbocycles. The topological polar surface area (TPSA) is 55.4 Å². The van der Waals surface area contributed by atoms with E-state index in [-0.39, 0.29) is 0 Å². The summed E-state index contributed by atoms with van der Waals surface area (Å²) < 4.78 is 5.04. The Morgan fingerprint density at radius 1 is 1.40 bits per heavy atom. The Bertz CT molecular complexity index is 482. The molecule has 1 aliphatic heterocycles. The van der Waals surface area contributed by atoms with E-state index in [1.165, 1.54) is 7.11 Å². The second-order valence-electron chi connectivity index (χ2n) is 3.22. The number of amides is 1. The van der Waals surface area contributed by atoms with E-state index in [0.717, 1.165) is 0 Å². The molecular formula is C10H8ClNO3. The third-order valence-electron chi connectivity index (χ3n) is 2.38. The lowest BCUT2D eigenvalue weighted by Crippen LogP contribution is -2.12. The molecule has 0 unspecified atom stereocenters. The molecule has 1 aromatic carbocycles. The van der Waals surface area contributed by atoms with Gasteiger partial charge in [0.15, 0.2) is 0 Å². The molecule has 0 bridgehead atoms. The molecule has 5 heteroatoms. The largest absolute Gasteiger partial charge is 0.494 e. The number of carbonyl (C=O) groups excluding carboxylic acids is 2. The second kappa shape index (κ2) is 3.24. The van der Waals surface area contributed by atoms with Gasteiger partial charge in [-0.15, -0.1) is 0 Å². The van der Waals surface area contributed by atoms with Crippen LogP contribution in [0, 0.1) is 6.92 Å². The van der Waals surface area contributed by atoms with Gasteiger partial charge in [0.25, 0.3) is 11.7 Å². The van der Waals surface area contributed by atoms with Gasteiger partial charge < -0.3 is 10.1 Å². The number of hydrogen-bond acceptors (Lipinski definition) is 3. The molecule has 0 atom stereocenters. The minimum Gasteiger partial charge on any atom is -0.494 e. The average molecular weight is 226 g/mol. The number of Topliss-reactive ketones (excluding diaryl/α,β-unsaturated/α-hetero) is 1. The normalized spacial score (nSPS) is 13.8. The Hall–Kier alpha value is -1.55. The number of methoxy groups -OCH3 is 1. The number of ether oxygens (including phenoxy) is 1. The number of ketones is 1. The van der Waals surface area contributed by atoms with Crippen LogP contribution in [0.2, 0.25) is 5.02 Å². The number of rotatable bonds is 1. The van der Waals surface area contributed by atoms with E-state index < -0.39 is 11.7 Å². The van der Waals surface area contributed by atoms with Crippen molar-refractivity contribution in [2.24, 2.45) is 0 Å². The van der Waals surface area contributed by atoms with Crippen LogP contribution in [0.25, 0.3) is 0 Å². The van der Waals surface area contributed by atoms with Crippen molar-refractivity contribution in [2.75, 3.05) is 12.4 Å². The molecule has 0 fully saturated rings.